The Balaban J connectivity index is 2.29. The van der Waals surface area contributed by atoms with E-state index in [1.807, 2.05) is 44.3 Å². The first-order chi connectivity index (χ1) is 10.5. The highest BCUT2D eigenvalue weighted by Crippen LogP contribution is 2.34. The molecule has 0 spiro atoms. The van der Waals surface area contributed by atoms with Crippen molar-refractivity contribution in [2.45, 2.75) is 6.92 Å². The fourth-order valence-corrected chi connectivity index (χ4v) is 2.88. The van der Waals surface area contributed by atoms with Gasteiger partial charge in [0.15, 0.2) is 10.6 Å². The lowest BCUT2D eigenvalue weighted by Gasteiger charge is -2.11. The Morgan fingerprint density at radius 2 is 1.91 bits per heavy atom. The lowest BCUT2D eigenvalue weighted by molar-refractivity contribution is 0.902. The lowest BCUT2D eigenvalue weighted by Crippen LogP contribution is -1.96. The molecule has 0 saturated carbocycles. The number of benzene rings is 1. The third kappa shape index (κ3) is 2.79. The predicted molar refractivity (Wildman–Crippen MR) is 91.8 cm³/mol. The molecule has 0 bridgehead atoms. The molecule has 2 heterocycles. The van der Waals surface area contributed by atoms with Gasteiger partial charge in [0.2, 0.25) is 0 Å². The molecule has 0 atom stereocenters. The Bertz CT molecular complexity index is 894. The highest BCUT2D eigenvalue weighted by Gasteiger charge is 2.14. The van der Waals surface area contributed by atoms with Crippen LogP contribution in [0.15, 0.2) is 30.3 Å². The Hall–Kier alpha value is -1.69. The number of rotatable bonds is 2. The van der Waals surface area contributed by atoms with Crippen LogP contribution >= 0.6 is 35.4 Å². The van der Waals surface area contributed by atoms with Crippen molar-refractivity contribution in [2.75, 3.05) is 0 Å². The van der Waals surface area contributed by atoms with Crippen LogP contribution in [0.2, 0.25) is 10.2 Å². The number of nitrogens with one attached hydrogen (secondary N) is 1. The molecule has 0 aliphatic heterocycles. The largest absolute Gasteiger partial charge is 0.303 e. The van der Waals surface area contributed by atoms with Gasteiger partial charge in [-0.1, -0.05) is 29.3 Å². The molecule has 0 unspecified atom stereocenters. The van der Waals surface area contributed by atoms with Crippen LogP contribution in [0, 0.1) is 11.7 Å². The van der Waals surface area contributed by atoms with E-state index in [1.54, 1.807) is 4.57 Å². The van der Waals surface area contributed by atoms with E-state index in [9.17, 15) is 0 Å². The highest BCUT2D eigenvalue weighted by atomic mass is 35.5. The summed E-state index contributed by atoms with van der Waals surface area (Å²) in [5, 5.41) is 8.17. The normalized spacial score (nSPS) is 10.9. The van der Waals surface area contributed by atoms with Gasteiger partial charge in [-0.3, -0.25) is 5.10 Å². The molecule has 0 aliphatic carbocycles. The maximum Gasteiger partial charge on any atom is 0.195 e. The quantitative estimate of drug-likeness (QED) is 0.532. The molecule has 0 fully saturated rings. The van der Waals surface area contributed by atoms with Gasteiger partial charge in [-0.05, 0) is 54.5 Å². The zero-order valence-electron chi connectivity index (χ0n) is 11.9. The van der Waals surface area contributed by atoms with Gasteiger partial charge >= 0.3 is 0 Å². The van der Waals surface area contributed by atoms with Crippen LogP contribution in [0.25, 0.3) is 22.5 Å². The SMILES string of the molecule is Cc1cc(-c2ccc(Cl)cc2-c2n[nH]c(=S)n2C)cc(Cl)n1. The second kappa shape index (κ2) is 5.83. The van der Waals surface area contributed by atoms with E-state index in [2.05, 4.69) is 15.2 Å². The van der Waals surface area contributed by atoms with Crippen LogP contribution in [0.5, 0.6) is 0 Å². The van der Waals surface area contributed by atoms with Gasteiger partial charge in [-0.2, -0.15) is 5.10 Å². The minimum atomic E-state index is 0.450. The van der Waals surface area contributed by atoms with Crippen LogP contribution in [0.3, 0.4) is 0 Å². The number of H-pyrrole nitrogens is 1. The van der Waals surface area contributed by atoms with E-state index < -0.39 is 0 Å². The molecule has 3 aromatic rings. The molecule has 112 valence electrons. The average molecular weight is 351 g/mol. The topological polar surface area (TPSA) is 46.5 Å². The van der Waals surface area contributed by atoms with Crippen molar-refractivity contribution in [2.24, 2.45) is 7.05 Å². The zero-order valence-corrected chi connectivity index (χ0v) is 14.2. The van der Waals surface area contributed by atoms with Crippen molar-refractivity contribution >= 4 is 35.4 Å². The van der Waals surface area contributed by atoms with Crippen LogP contribution in [-0.4, -0.2) is 19.7 Å². The lowest BCUT2D eigenvalue weighted by atomic mass is 9.99. The summed E-state index contributed by atoms with van der Waals surface area (Å²) in [5.74, 6) is 0.716. The van der Waals surface area contributed by atoms with Gasteiger partial charge in [0.25, 0.3) is 0 Å². The maximum atomic E-state index is 6.16. The second-order valence-corrected chi connectivity index (χ2v) is 6.13. The summed E-state index contributed by atoms with van der Waals surface area (Å²) in [4.78, 5) is 4.20. The van der Waals surface area contributed by atoms with E-state index in [-0.39, 0.29) is 0 Å². The highest BCUT2D eigenvalue weighted by molar-refractivity contribution is 7.71. The molecular formula is C15H12Cl2N4S. The molecule has 0 amide bonds. The minimum Gasteiger partial charge on any atom is -0.303 e. The van der Waals surface area contributed by atoms with Crippen molar-refractivity contribution in [3.8, 4) is 22.5 Å². The number of nitrogens with zero attached hydrogens (tertiary/aromatic N) is 3. The molecule has 0 saturated heterocycles. The molecule has 4 nitrogen and oxygen atoms in total. The van der Waals surface area contributed by atoms with Crippen LogP contribution < -0.4 is 0 Å². The summed E-state index contributed by atoms with van der Waals surface area (Å²) >= 11 is 17.4. The van der Waals surface area contributed by atoms with Crippen LogP contribution in [0.1, 0.15) is 5.69 Å². The smallest absolute Gasteiger partial charge is 0.195 e. The number of hydrogen-bond acceptors (Lipinski definition) is 3. The standard InChI is InChI=1S/C15H12Cl2N4S/c1-8-5-9(6-13(17)18-8)11-4-3-10(16)7-12(11)14-19-20-15(22)21(14)2/h3-7H,1-2H3,(H,20,22). The molecule has 1 N–H and O–H groups in total. The van der Waals surface area contributed by atoms with Crippen molar-refractivity contribution in [1.29, 1.82) is 0 Å². The summed E-state index contributed by atoms with van der Waals surface area (Å²) in [6.07, 6.45) is 0. The average Bonchev–Trinajstić information content (AvgIpc) is 2.77. The number of aryl methyl sites for hydroxylation is 1. The fraction of sp³-hybridized carbons (Fsp3) is 0.133. The Morgan fingerprint density at radius 3 is 2.55 bits per heavy atom. The van der Waals surface area contributed by atoms with Crippen LogP contribution in [-0.2, 0) is 7.05 Å². The first-order valence-electron chi connectivity index (χ1n) is 6.51. The number of hydrogen-bond donors (Lipinski definition) is 1. The molecule has 22 heavy (non-hydrogen) atoms. The monoisotopic (exact) mass is 350 g/mol. The van der Waals surface area contributed by atoms with E-state index in [0.29, 0.717) is 20.8 Å². The molecular weight excluding hydrogens is 339 g/mol. The Labute approximate surface area is 142 Å². The van der Waals surface area contributed by atoms with Gasteiger partial charge in [0.05, 0.1) is 0 Å². The number of aromatic nitrogens is 4. The molecule has 3 rings (SSSR count). The first kappa shape index (κ1) is 15.2. The van der Waals surface area contributed by atoms with Gasteiger partial charge in [0.1, 0.15) is 5.15 Å². The zero-order chi connectivity index (χ0) is 15.9. The third-order valence-corrected chi connectivity index (χ3v) is 4.13. The minimum absolute atomic E-state index is 0.450. The van der Waals surface area contributed by atoms with E-state index in [0.717, 1.165) is 22.4 Å². The number of pyridine rings is 1. The van der Waals surface area contributed by atoms with Gasteiger partial charge in [-0.15, -0.1) is 0 Å². The third-order valence-electron chi connectivity index (χ3n) is 3.34. The summed E-state index contributed by atoms with van der Waals surface area (Å²) in [6.45, 7) is 1.90. The van der Waals surface area contributed by atoms with E-state index in [1.165, 1.54) is 0 Å². The summed E-state index contributed by atoms with van der Waals surface area (Å²) in [7, 11) is 1.86. The van der Waals surface area contributed by atoms with Crippen molar-refractivity contribution in [3.05, 3.63) is 51.0 Å². The summed E-state index contributed by atoms with van der Waals surface area (Å²) in [5.41, 5.74) is 3.65. The van der Waals surface area contributed by atoms with E-state index >= 15 is 0 Å². The molecule has 7 heteroatoms. The van der Waals surface area contributed by atoms with Gasteiger partial charge in [0, 0.05) is 23.3 Å². The Kier molecular flexibility index (Phi) is 4.04. The number of aromatic amines is 1. The molecule has 2 aromatic heterocycles. The second-order valence-electron chi connectivity index (χ2n) is 4.92. The van der Waals surface area contributed by atoms with Gasteiger partial charge in [-0.25, -0.2) is 4.98 Å². The number of halogens is 2. The molecule has 1 aromatic carbocycles. The van der Waals surface area contributed by atoms with Crippen molar-refractivity contribution in [1.82, 2.24) is 19.7 Å². The fourth-order valence-electron chi connectivity index (χ4n) is 2.32. The maximum absolute atomic E-state index is 6.16. The molecule has 0 aliphatic rings. The van der Waals surface area contributed by atoms with Crippen LogP contribution in [0.4, 0.5) is 0 Å². The summed E-state index contributed by atoms with van der Waals surface area (Å²) in [6, 6.07) is 9.44. The summed E-state index contributed by atoms with van der Waals surface area (Å²) < 4.78 is 2.35. The van der Waals surface area contributed by atoms with Crippen molar-refractivity contribution in [3.63, 3.8) is 0 Å². The van der Waals surface area contributed by atoms with E-state index in [4.69, 9.17) is 35.4 Å². The predicted octanol–water partition coefficient (Wildman–Crippen LogP) is 4.82. The Morgan fingerprint density at radius 1 is 1.14 bits per heavy atom. The molecule has 0 radical (unpaired) electrons. The van der Waals surface area contributed by atoms with Crippen molar-refractivity contribution < 1.29 is 0 Å². The first-order valence-corrected chi connectivity index (χ1v) is 7.68. The van der Waals surface area contributed by atoms with Gasteiger partial charge < -0.3 is 4.57 Å².